The van der Waals surface area contributed by atoms with Crippen LogP contribution in [0.2, 0.25) is 0 Å². The molecule has 1 radical (unpaired) electrons. The molecule has 0 aromatic carbocycles. The molecule has 0 saturated heterocycles. The molecule has 0 N–H and O–H groups in total. The summed E-state index contributed by atoms with van der Waals surface area (Å²) in [5, 5.41) is 0. The molecule has 57 valence electrons. The third kappa shape index (κ3) is 11.6. The summed E-state index contributed by atoms with van der Waals surface area (Å²) >= 11 is 0. The first-order chi connectivity index (χ1) is 4.41. The molecular formula is C6H14NaO3. The maximum Gasteiger partial charge on any atom is 0.0701 e. The molecule has 0 aliphatic heterocycles. The molecule has 0 rings (SSSR count). The van der Waals surface area contributed by atoms with Crippen molar-refractivity contribution in [1.82, 2.24) is 0 Å². The molecule has 0 aromatic heterocycles. The van der Waals surface area contributed by atoms with Gasteiger partial charge in [0, 0.05) is 43.8 Å². The molecule has 0 aliphatic carbocycles. The number of hydrogen-bond acceptors (Lipinski definition) is 3. The van der Waals surface area contributed by atoms with Crippen molar-refractivity contribution in [3.8, 4) is 0 Å². The molecule has 0 spiro atoms. The third-order valence-corrected chi connectivity index (χ3v) is 0.864. The fraction of sp³-hybridized carbons (Fsp3) is 1.00. The van der Waals surface area contributed by atoms with Crippen LogP contribution in [-0.2, 0) is 14.2 Å². The zero-order valence-corrected chi connectivity index (χ0v) is 9.05. The summed E-state index contributed by atoms with van der Waals surface area (Å²) in [6.45, 7) is 2.62. The van der Waals surface area contributed by atoms with Gasteiger partial charge in [0.25, 0.3) is 0 Å². The van der Waals surface area contributed by atoms with Crippen LogP contribution in [-0.4, -0.2) is 70.2 Å². The second-order valence-electron chi connectivity index (χ2n) is 1.60. The van der Waals surface area contributed by atoms with E-state index in [1.165, 1.54) is 0 Å². The van der Waals surface area contributed by atoms with Crippen LogP contribution in [0.1, 0.15) is 0 Å². The number of rotatable bonds is 6. The Bertz CT molecular complexity index is 46.3. The fourth-order valence-electron chi connectivity index (χ4n) is 0.387. The number of ether oxygens (including phenoxy) is 3. The molecule has 4 heteroatoms. The van der Waals surface area contributed by atoms with Gasteiger partial charge < -0.3 is 14.2 Å². The first kappa shape index (κ1) is 13.5. The molecule has 0 bridgehead atoms. The van der Waals surface area contributed by atoms with Crippen molar-refractivity contribution in [2.45, 2.75) is 0 Å². The van der Waals surface area contributed by atoms with Gasteiger partial charge in [0.1, 0.15) is 0 Å². The van der Waals surface area contributed by atoms with Crippen LogP contribution < -0.4 is 0 Å². The largest absolute Gasteiger partial charge is 0.382 e. The van der Waals surface area contributed by atoms with Crippen LogP contribution in [0.3, 0.4) is 0 Å². The Morgan fingerprint density at radius 3 is 1.50 bits per heavy atom. The first-order valence-electron chi connectivity index (χ1n) is 2.97. The van der Waals surface area contributed by atoms with Gasteiger partial charge in [-0.2, -0.15) is 0 Å². The maximum absolute atomic E-state index is 5.06. The zero-order chi connectivity index (χ0) is 6.95. The van der Waals surface area contributed by atoms with Crippen molar-refractivity contribution in [2.24, 2.45) is 0 Å². The van der Waals surface area contributed by atoms with Gasteiger partial charge in [-0.3, -0.25) is 0 Å². The number of methoxy groups -OCH3 is 2. The molecule has 0 saturated carbocycles. The van der Waals surface area contributed by atoms with E-state index in [4.69, 9.17) is 14.2 Å². The van der Waals surface area contributed by atoms with E-state index in [9.17, 15) is 0 Å². The summed E-state index contributed by atoms with van der Waals surface area (Å²) in [6, 6.07) is 0. The summed E-state index contributed by atoms with van der Waals surface area (Å²) in [5.41, 5.74) is 0. The Labute approximate surface area is 84.3 Å². The van der Waals surface area contributed by atoms with E-state index in [0.29, 0.717) is 26.4 Å². The second kappa shape index (κ2) is 12.5. The third-order valence-electron chi connectivity index (χ3n) is 0.864. The van der Waals surface area contributed by atoms with Gasteiger partial charge in [-0.05, 0) is 0 Å². The molecule has 0 heterocycles. The average molecular weight is 157 g/mol. The van der Waals surface area contributed by atoms with E-state index >= 15 is 0 Å². The molecule has 0 amide bonds. The van der Waals surface area contributed by atoms with Crippen molar-refractivity contribution in [1.29, 1.82) is 0 Å². The maximum atomic E-state index is 5.06. The van der Waals surface area contributed by atoms with Crippen LogP contribution >= 0.6 is 0 Å². The van der Waals surface area contributed by atoms with Crippen LogP contribution in [0.15, 0.2) is 0 Å². The van der Waals surface area contributed by atoms with Crippen molar-refractivity contribution >= 4 is 29.6 Å². The van der Waals surface area contributed by atoms with Gasteiger partial charge in [0.05, 0.1) is 26.4 Å². The molecule has 0 fully saturated rings. The molecule has 3 nitrogen and oxygen atoms in total. The molecule has 0 aromatic rings. The molecule has 0 atom stereocenters. The number of hydrogen-bond donors (Lipinski definition) is 0. The SMILES string of the molecule is COCCOCCOC.[Na]. The normalized spacial score (nSPS) is 9.00. The van der Waals surface area contributed by atoms with Gasteiger partial charge in [-0.1, -0.05) is 0 Å². The van der Waals surface area contributed by atoms with Crippen LogP contribution in [0, 0.1) is 0 Å². The molecule has 10 heavy (non-hydrogen) atoms. The molecular weight excluding hydrogens is 143 g/mol. The van der Waals surface area contributed by atoms with E-state index in [0.717, 1.165) is 0 Å². The summed E-state index contributed by atoms with van der Waals surface area (Å²) in [6.07, 6.45) is 0. The van der Waals surface area contributed by atoms with Crippen molar-refractivity contribution in [3.63, 3.8) is 0 Å². The van der Waals surface area contributed by atoms with Gasteiger partial charge in [-0.25, -0.2) is 0 Å². The van der Waals surface area contributed by atoms with Gasteiger partial charge in [0.2, 0.25) is 0 Å². The topological polar surface area (TPSA) is 27.7 Å². The van der Waals surface area contributed by atoms with Crippen LogP contribution in [0.5, 0.6) is 0 Å². The van der Waals surface area contributed by atoms with E-state index < -0.39 is 0 Å². The monoisotopic (exact) mass is 157 g/mol. The van der Waals surface area contributed by atoms with Crippen molar-refractivity contribution in [3.05, 3.63) is 0 Å². The summed E-state index contributed by atoms with van der Waals surface area (Å²) in [4.78, 5) is 0. The summed E-state index contributed by atoms with van der Waals surface area (Å²) < 4.78 is 14.6. The standard InChI is InChI=1S/C6H14O3.Na/c1-7-3-5-9-6-4-8-2;/h3-6H2,1-2H3;. The van der Waals surface area contributed by atoms with E-state index in [1.807, 2.05) is 0 Å². The van der Waals surface area contributed by atoms with Crippen LogP contribution in [0.25, 0.3) is 0 Å². The van der Waals surface area contributed by atoms with Crippen molar-refractivity contribution < 1.29 is 14.2 Å². The quantitative estimate of drug-likeness (QED) is 0.398. The first-order valence-corrected chi connectivity index (χ1v) is 2.97. The predicted octanol–water partition coefficient (Wildman–Crippen LogP) is -0.0850. The predicted molar refractivity (Wildman–Crippen MR) is 40.3 cm³/mol. The van der Waals surface area contributed by atoms with E-state index in [2.05, 4.69) is 0 Å². The zero-order valence-electron chi connectivity index (χ0n) is 7.05. The minimum absolute atomic E-state index is 0. The Kier molecular flexibility index (Phi) is 16.9. The summed E-state index contributed by atoms with van der Waals surface area (Å²) in [7, 11) is 3.30. The summed E-state index contributed by atoms with van der Waals surface area (Å²) in [5.74, 6) is 0. The van der Waals surface area contributed by atoms with E-state index in [-0.39, 0.29) is 29.6 Å². The Morgan fingerprint density at radius 2 is 1.20 bits per heavy atom. The van der Waals surface area contributed by atoms with Crippen LogP contribution in [0.4, 0.5) is 0 Å². The Morgan fingerprint density at radius 1 is 0.800 bits per heavy atom. The Balaban J connectivity index is 0. The fourth-order valence-corrected chi connectivity index (χ4v) is 0.387. The minimum atomic E-state index is 0. The molecule has 0 aliphatic rings. The Hall–Kier alpha value is 0.880. The van der Waals surface area contributed by atoms with Crippen molar-refractivity contribution in [2.75, 3.05) is 40.6 Å². The average Bonchev–Trinajstić information content (AvgIpc) is 1.89. The van der Waals surface area contributed by atoms with Gasteiger partial charge in [-0.15, -0.1) is 0 Å². The van der Waals surface area contributed by atoms with E-state index in [1.54, 1.807) is 14.2 Å². The second-order valence-corrected chi connectivity index (χ2v) is 1.60. The van der Waals surface area contributed by atoms with Gasteiger partial charge >= 0.3 is 0 Å². The molecule has 0 unspecified atom stereocenters. The minimum Gasteiger partial charge on any atom is -0.382 e. The van der Waals surface area contributed by atoms with Gasteiger partial charge in [0.15, 0.2) is 0 Å². The smallest absolute Gasteiger partial charge is 0.0701 e.